The molecule has 2 aliphatic heterocycles. The maximum absolute atomic E-state index is 11.0. The number of hydrogen-bond acceptors (Lipinski definition) is 9. The zero-order valence-corrected chi connectivity index (χ0v) is 18.0. The number of hydrazone groups is 1. The van der Waals surface area contributed by atoms with Crippen LogP contribution in [-0.2, 0) is 0 Å². The van der Waals surface area contributed by atoms with Crippen LogP contribution in [-0.4, -0.2) is 52.3 Å². The highest BCUT2D eigenvalue weighted by Gasteiger charge is 2.20. The van der Waals surface area contributed by atoms with Gasteiger partial charge in [0.1, 0.15) is 0 Å². The van der Waals surface area contributed by atoms with Gasteiger partial charge in [-0.3, -0.25) is 10.1 Å². The van der Waals surface area contributed by atoms with E-state index < -0.39 is 4.92 Å². The second-order valence-electron chi connectivity index (χ2n) is 7.69. The van der Waals surface area contributed by atoms with Gasteiger partial charge in [-0.15, -0.1) is 0 Å². The Hall–Kier alpha value is -3.01. The molecule has 0 saturated carbocycles. The molecule has 3 heterocycles. The van der Waals surface area contributed by atoms with Crippen LogP contribution >= 0.6 is 11.6 Å². The summed E-state index contributed by atoms with van der Waals surface area (Å²) >= 11 is 6.14. The van der Waals surface area contributed by atoms with E-state index in [-0.39, 0.29) is 5.69 Å². The van der Waals surface area contributed by atoms with Gasteiger partial charge in [-0.1, -0.05) is 11.6 Å². The summed E-state index contributed by atoms with van der Waals surface area (Å²) in [7, 11) is 0. The van der Waals surface area contributed by atoms with E-state index in [2.05, 4.69) is 30.3 Å². The number of nitro groups is 1. The minimum atomic E-state index is -0.469. The second kappa shape index (κ2) is 9.86. The van der Waals surface area contributed by atoms with Crippen molar-refractivity contribution in [3.8, 4) is 0 Å². The third-order valence-electron chi connectivity index (χ3n) is 5.45. The van der Waals surface area contributed by atoms with Crippen LogP contribution < -0.4 is 15.2 Å². The highest BCUT2D eigenvalue weighted by Crippen LogP contribution is 2.23. The molecule has 1 aromatic carbocycles. The van der Waals surface area contributed by atoms with Crippen molar-refractivity contribution in [1.29, 1.82) is 0 Å². The first-order chi connectivity index (χ1) is 15.1. The molecule has 1 N–H and O–H groups in total. The van der Waals surface area contributed by atoms with Crippen LogP contribution in [0.25, 0.3) is 0 Å². The number of hydrogen-bond donors (Lipinski definition) is 1. The van der Waals surface area contributed by atoms with Crippen molar-refractivity contribution in [2.45, 2.75) is 38.5 Å². The summed E-state index contributed by atoms with van der Waals surface area (Å²) in [6, 6.07) is 4.21. The fourth-order valence-electron chi connectivity index (χ4n) is 3.78. The molecule has 164 valence electrons. The number of nitrogens with zero attached hydrogens (tertiary/aromatic N) is 7. The Morgan fingerprint density at radius 1 is 0.968 bits per heavy atom. The van der Waals surface area contributed by atoms with Gasteiger partial charge in [-0.05, 0) is 44.6 Å². The molecule has 0 atom stereocenters. The first kappa shape index (κ1) is 21.2. The maximum atomic E-state index is 11.0. The first-order valence-corrected chi connectivity index (χ1v) is 11.0. The zero-order chi connectivity index (χ0) is 21.6. The summed E-state index contributed by atoms with van der Waals surface area (Å²) in [5.74, 6) is 1.65. The van der Waals surface area contributed by atoms with E-state index in [0.717, 1.165) is 51.9 Å². The van der Waals surface area contributed by atoms with Gasteiger partial charge in [-0.25, -0.2) is 5.43 Å². The molecule has 0 bridgehead atoms. The lowest BCUT2D eigenvalue weighted by Gasteiger charge is -2.30. The molecule has 0 amide bonds. The topological polar surface area (TPSA) is 113 Å². The number of piperidine rings is 2. The van der Waals surface area contributed by atoms with Crippen LogP contribution in [0.15, 0.2) is 23.3 Å². The average molecular weight is 445 g/mol. The number of anilines is 3. The van der Waals surface area contributed by atoms with Gasteiger partial charge in [0.15, 0.2) is 0 Å². The third-order valence-corrected chi connectivity index (χ3v) is 5.79. The fraction of sp³-hybridized carbons (Fsp3) is 0.500. The molecule has 2 saturated heterocycles. The molecule has 2 aliphatic rings. The number of nitrogens with one attached hydrogen (secondary N) is 1. The number of non-ortho nitro benzene ring substituents is 1. The molecule has 31 heavy (non-hydrogen) atoms. The molecule has 0 spiro atoms. The van der Waals surface area contributed by atoms with E-state index in [9.17, 15) is 10.1 Å². The molecule has 4 rings (SSSR count). The van der Waals surface area contributed by atoms with Gasteiger partial charge in [0.05, 0.1) is 11.1 Å². The monoisotopic (exact) mass is 444 g/mol. The molecule has 2 aromatic rings. The molecule has 10 nitrogen and oxygen atoms in total. The lowest BCUT2D eigenvalue weighted by atomic mass is 10.1. The standard InChI is InChI=1S/C20H25ClN8O2/c21-17-8-7-16(29(30)31)13-15(17)14-22-26-18-23-19(27-9-3-1-4-10-27)25-20(24-18)28-11-5-2-6-12-28/h7-8,13-14H,1-6,9-12H2,(H,23,24,25,26). The number of aromatic nitrogens is 3. The summed E-state index contributed by atoms with van der Waals surface area (Å²) in [4.78, 5) is 28.8. The number of rotatable bonds is 6. The lowest BCUT2D eigenvalue weighted by Crippen LogP contribution is -2.34. The van der Waals surface area contributed by atoms with Crippen molar-refractivity contribution < 1.29 is 4.92 Å². The first-order valence-electron chi connectivity index (χ1n) is 10.6. The Morgan fingerprint density at radius 3 is 2.10 bits per heavy atom. The van der Waals surface area contributed by atoms with Gasteiger partial charge in [0.25, 0.3) is 5.69 Å². The number of nitro benzene ring substituents is 1. The molecular weight excluding hydrogens is 420 g/mol. The summed E-state index contributed by atoms with van der Waals surface area (Å²) in [5.41, 5.74) is 3.24. The Balaban J connectivity index is 1.57. The fourth-order valence-corrected chi connectivity index (χ4v) is 3.94. The molecule has 0 unspecified atom stereocenters. The number of halogens is 1. The Kier molecular flexibility index (Phi) is 6.76. The third kappa shape index (κ3) is 5.38. The Morgan fingerprint density at radius 2 is 1.55 bits per heavy atom. The minimum Gasteiger partial charge on any atom is -0.341 e. The summed E-state index contributed by atoms with van der Waals surface area (Å²) in [6.07, 6.45) is 8.36. The Labute approximate surface area is 185 Å². The molecule has 2 fully saturated rings. The van der Waals surface area contributed by atoms with Crippen molar-refractivity contribution in [3.63, 3.8) is 0 Å². The largest absolute Gasteiger partial charge is 0.341 e. The highest BCUT2D eigenvalue weighted by atomic mass is 35.5. The second-order valence-corrected chi connectivity index (χ2v) is 8.09. The SMILES string of the molecule is O=[N+]([O-])c1ccc(Cl)c(C=NNc2nc(N3CCCCC3)nc(N3CCCCC3)n2)c1. The van der Waals surface area contributed by atoms with Crippen molar-refractivity contribution in [3.05, 3.63) is 38.9 Å². The van der Waals surface area contributed by atoms with Gasteiger partial charge < -0.3 is 9.80 Å². The number of benzene rings is 1. The van der Waals surface area contributed by atoms with Crippen LogP contribution in [0, 0.1) is 10.1 Å². The van der Waals surface area contributed by atoms with E-state index in [1.54, 1.807) is 0 Å². The predicted octanol–water partition coefficient (Wildman–Crippen LogP) is 3.86. The van der Waals surface area contributed by atoms with Crippen molar-refractivity contribution in [1.82, 2.24) is 15.0 Å². The molecule has 0 radical (unpaired) electrons. The molecule has 11 heteroatoms. The molecule has 1 aromatic heterocycles. The molecule has 0 aliphatic carbocycles. The van der Waals surface area contributed by atoms with E-state index in [4.69, 9.17) is 16.6 Å². The normalized spacial score (nSPS) is 17.2. The maximum Gasteiger partial charge on any atom is 0.270 e. The van der Waals surface area contributed by atoms with Gasteiger partial charge in [-0.2, -0.15) is 20.1 Å². The van der Waals surface area contributed by atoms with E-state index in [1.165, 1.54) is 37.3 Å². The predicted molar refractivity (Wildman–Crippen MR) is 121 cm³/mol. The van der Waals surface area contributed by atoms with Gasteiger partial charge >= 0.3 is 0 Å². The highest BCUT2D eigenvalue weighted by molar-refractivity contribution is 6.33. The van der Waals surface area contributed by atoms with E-state index >= 15 is 0 Å². The summed E-state index contributed by atoms with van der Waals surface area (Å²) < 4.78 is 0. The average Bonchev–Trinajstić information content (AvgIpc) is 2.81. The van der Waals surface area contributed by atoms with Crippen LogP contribution in [0.5, 0.6) is 0 Å². The summed E-state index contributed by atoms with van der Waals surface area (Å²) in [6.45, 7) is 3.70. The van der Waals surface area contributed by atoms with Crippen molar-refractivity contribution >= 4 is 41.3 Å². The van der Waals surface area contributed by atoms with Crippen LogP contribution in [0.4, 0.5) is 23.5 Å². The van der Waals surface area contributed by atoms with Gasteiger partial charge in [0.2, 0.25) is 17.8 Å². The Bertz CT molecular complexity index is 922. The lowest BCUT2D eigenvalue weighted by molar-refractivity contribution is -0.384. The van der Waals surface area contributed by atoms with Crippen molar-refractivity contribution in [2.75, 3.05) is 41.4 Å². The van der Waals surface area contributed by atoms with E-state index in [1.807, 2.05) is 0 Å². The van der Waals surface area contributed by atoms with Crippen molar-refractivity contribution in [2.24, 2.45) is 5.10 Å². The quantitative estimate of drug-likeness (QED) is 0.406. The van der Waals surface area contributed by atoms with Crippen LogP contribution in [0.1, 0.15) is 44.1 Å². The molecular formula is C20H25ClN8O2. The van der Waals surface area contributed by atoms with Gasteiger partial charge in [0, 0.05) is 48.9 Å². The zero-order valence-electron chi connectivity index (χ0n) is 17.2. The van der Waals surface area contributed by atoms with Crippen LogP contribution in [0.2, 0.25) is 5.02 Å². The van der Waals surface area contributed by atoms with E-state index in [0.29, 0.717) is 28.4 Å². The minimum absolute atomic E-state index is 0.0502. The summed E-state index contributed by atoms with van der Waals surface area (Å²) in [5, 5.41) is 15.5. The van der Waals surface area contributed by atoms with Crippen LogP contribution in [0.3, 0.4) is 0 Å². The smallest absolute Gasteiger partial charge is 0.270 e.